The maximum atomic E-state index is 9.25. The molecule has 0 fully saturated rings. The van der Waals surface area contributed by atoms with Gasteiger partial charge in [0.05, 0.1) is 10.6 Å². The highest BCUT2D eigenvalue weighted by Crippen LogP contribution is 2.36. The van der Waals surface area contributed by atoms with Crippen LogP contribution in [0.5, 0.6) is 0 Å². The van der Waals surface area contributed by atoms with E-state index in [1.807, 2.05) is 23.6 Å². The fraction of sp³-hybridized carbons (Fsp3) is 0. The minimum Gasteiger partial charge on any atom is -0.192 e. The predicted octanol–water partition coefficient (Wildman–Crippen LogP) is 5.79. The molecule has 0 saturated heterocycles. The summed E-state index contributed by atoms with van der Waals surface area (Å²) in [6, 6.07) is 11.2. The van der Waals surface area contributed by atoms with E-state index in [-0.39, 0.29) is 0 Å². The van der Waals surface area contributed by atoms with E-state index in [1.165, 1.54) is 11.3 Å². The molecule has 2 aromatic rings. The molecule has 0 unspecified atom stereocenters. The van der Waals surface area contributed by atoms with Gasteiger partial charge in [0.15, 0.2) is 0 Å². The van der Waals surface area contributed by atoms with Crippen LogP contribution in [0.25, 0.3) is 10.6 Å². The van der Waals surface area contributed by atoms with E-state index in [0.717, 1.165) is 9.35 Å². The second-order valence-electron chi connectivity index (χ2n) is 3.40. The molecule has 1 aromatic heterocycles. The van der Waals surface area contributed by atoms with Gasteiger partial charge in [0, 0.05) is 19.9 Å². The topological polar surface area (TPSA) is 23.8 Å². The summed E-state index contributed by atoms with van der Waals surface area (Å²) < 4.78 is 0.864. The first-order valence-electron chi connectivity index (χ1n) is 4.92. The molecule has 0 aliphatic rings. The molecule has 0 N–H and O–H groups in total. The number of nitrogens with zero attached hydrogens (tertiary/aromatic N) is 1. The van der Waals surface area contributed by atoms with E-state index < -0.39 is 0 Å². The Bertz CT molecular complexity index is 642. The lowest BCUT2D eigenvalue weighted by Crippen LogP contribution is -1.85. The molecule has 2 rings (SSSR count). The van der Waals surface area contributed by atoms with Gasteiger partial charge in [0.25, 0.3) is 0 Å². The summed E-state index contributed by atoms with van der Waals surface area (Å²) in [7, 11) is 0. The number of halogens is 3. The van der Waals surface area contributed by atoms with Crippen LogP contribution in [0.1, 0.15) is 10.4 Å². The second kappa shape index (κ2) is 5.90. The van der Waals surface area contributed by atoms with Gasteiger partial charge in [-0.1, -0.05) is 45.2 Å². The molecule has 0 bridgehead atoms. The summed E-state index contributed by atoms with van der Waals surface area (Å²) in [5.74, 6) is 0. The fourth-order valence-electron chi connectivity index (χ4n) is 1.43. The van der Waals surface area contributed by atoms with Crippen LogP contribution in [0, 0.1) is 11.3 Å². The van der Waals surface area contributed by atoms with Gasteiger partial charge in [-0.3, -0.25) is 0 Å². The van der Waals surface area contributed by atoms with Crippen molar-refractivity contribution in [2.45, 2.75) is 0 Å². The van der Waals surface area contributed by atoms with Crippen molar-refractivity contribution in [2.24, 2.45) is 0 Å². The number of hydrogen-bond acceptors (Lipinski definition) is 2. The first-order valence-corrected chi connectivity index (χ1v) is 7.35. The number of benzene rings is 1. The van der Waals surface area contributed by atoms with Crippen LogP contribution in [0.3, 0.4) is 0 Å². The first-order chi connectivity index (χ1) is 8.63. The van der Waals surface area contributed by atoms with E-state index in [1.54, 1.807) is 12.1 Å². The average Bonchev–Trinajstić information content (AvgIpc) is 2.87. The van der Waals surface area contributed by atoms with E-state index in [2.05, 4.69) is 22.0 Å². The largest absolute Gasteiger partial charge is 0.192 e. The standard InChI is InChI=1S/C13H6BrCl2NS/c14-8-3-4-11(15)9(6-8)13(16)10(7-17)12-2-1-5-18-12/h1-6H. The van der Waals surface area contributed by atoms with Gasteiger partial charge in [0.1, 0.15) is 6.07 Å². The summed E-state index contributed by atoms with van der Waals surface area (Å²) in [5, 5.41) is 12.0. The molecular formula is C13H6BrCl2NS. The van der Waals surface area contributed by atoms with Gasteiger partial charge in [-0.15, -0.1) is 11.3 Å². The maximum absolute atomic E-state index is 9.25. The molecule has 0 radical (unpaired) electrons. The molecule has 1 heterocycles. The number of allylic oxidation sites excluding steroid dienone is 1. The Morgan fingerprint density at radius 3 is 2.72 bits per heavy atom. The van der Waals surface area contributed by atoms with Crippen molar-refractivity contribution in [3.63, 3.8) is 0 Å². The van der Waals surface area contributed by atoms with E-state index in [4.69, 9.17) is 23.2 Å². The lowest BCUT2D eigenvalue weighted by molar-refractivity contribution is 1.53. The maximum Gasteiger partial charge on any atom is 0.102 e. The summed E-state index contributed by atoms with van der Waals surface area (Å²) in [6.45, 7) is 0. The fourth-order valence-corrected chi connectivity index (χ4v) is 3.14. The van der Waals surface area contributed by atoms with Gasteiger partial charge in [-0.2, -0.15) is 5.26 Å². The predicted molar refractivity (Wildman–Crippen MR) is 81.8 cm³/mol. The summed E-state index contributed by atoms with van der Waals surface area (Å²) in [6.07, 6.45) is 0. The zero-order valence-electron chi connectivity index (χ0n) is 8.95. The van der Waals surface area contributed by atoms with Gasteiger partial charge < -0.3 is 0 Å². The lowest BCUT2D eigenvalue weighted by Gasteiger charge is -2.05. The Kier molecular flexibility index (Phi) is 4.47. The number of rotatable bonds is 2. The average molecular weight is 359 g/mol. The van der Waals surface area contributed by atoms with E-state index >= 15 is 0 Å². The summed E-state index contributed by atoms with van der Waals surface area (Å²) >= 11 is 17.2. The summed E-state index contributed by atoms with van der Waals surface area (Å²) in [5.41, 5.74) is 1.09. The Morgan fingerprint density at radius 2 is 2.11 bits per heavy atom. The van der Waals surface area contributed by atoms with Crippen LogP contribution < -0.4 is 0 Å². The second-order valence-corrected chi connectivity index (χ2v) is 6.05. The quantitative estimate of drug-likeness (QED) is 0.623. The summed E-state index contributed by atoms with van der Waals surface area (Å²) in [4.78, 5) is 0.832. The van der Waals surface area contributed by atoms with Gasteiger partial charge >= 0.3 is 0 Å². The molecule has 1 nitrogen and oxygen atoms in total. The molecule has 0 amide bonds. The van der Waals surface area contributed by atoms with Crippen molar-refractivity contribution in [1.82, 2.24) is 0 Å². The van der Waals surface area contributed by atoms with Crippen LogP contribution in [0.2, 0.25) is 5.02 Å². The number of thiophene rings is 1. The Morgan fingerprint density at radius 1 is 1.33 bits per heavy atom. The normalized spacial score (nSPS) is 11.9. The van der Waals surface area contributed by atoms with Crippen molar-refractivity contribution in [3.8, 4) is 6.07 Å². The molecule has 0 aliphatic heterocycles. The smallest absolute Gasteiger partial charge is 0.102 e. The molecule has 1 aromatic carbocycles. The Balaban J connectivity index is 2.62. The molecule has 0 spiro atoms. The minimum absolute atomic E-state index is 0.367. The third kappa shape index (κ3) is 2.78. The molecule has 5 heteroatoms. The monoisotopic (exact) mass is 357 g/mol. The van der Waals surface area contributed by atoms with Crippen molar-refractivity contribution in [3.05, 3.63) is 55.6 Å². The third-order valence-electron chi connectivity index (χ3n) is 2.26. The van der Waals surface area contributed by atoms with Gasteiger partial charge in [-0.25, -0.2) is 0 Å². The van der Waals surface area contributed by atoms with Gasteiger partial charge in [-0.05, 0) is 29.6 Å². The molecule has 18 heavy (non-hydrogen) atoms. The highest BCUT2D eigenvalue weighted by molar-refractivity contribution is 9.10. The number of hydrogen-bond donors (Lipinski definition) is 0. The van der Waals surface area contributed by atoms with Crippen molar-refractivity contribution < 1.29 is 0 Å². The highest BCUT2D eigenvalue weighted by Gasteiger charge is 2.13. The van der Waals surface area contributed by atoms with E-state index in [0.29, 0.717) is 21.2 Å². The molecule has 0 atom stereocenters. The van der Waals surface area contributed by atoms with Crippen molar-refractivity contribution in [2.75, 3.05) is 0 Å². The molecular weight excluding hydrogens is 353 g/mol. The van der Waals surface area contributed by atoms with Crippen LogP contribution in [0.15, 0.2) is 40.2 Å². The zero-order chi connectivity index (χ0) is 13.1. The first kappa shape index (κ1) is 13.6. The highest BCUT2D eigenvalue weighted by atomic mass is 79.9. The molecule has 0 aliphatic carbocycles. The van der Waals surface area contributed by atoms with Crippen molar-refractivity contribution >= 4 is 61.1 Å². The Hall–Kier alpha value is -0.790. The van der Waals surface area contributed by atoms with Crippen LogP contribution in [0.4, 0.5) is 0 Å². The van der Waals surface area contributed by atoms with Crippen LogP contribution in [-0.2, 0) is 0 Å². The number of nitriles is 1. The van der Waals surface area contributed by atoms with Crippen LogP contribution in [-0.4, -0.2) is 0 Å². The zero-order valence-corrected chi connectivity index (χ0v) is 12.9. The SMILES string of the molecule is N#CC(=C(Cl)c1cc(Br)ccc1Cl)c1cccs1. The minimum atomic E-state index is 0.367. The lowest BCUT2D eigenvalue weighted by atomic mass is 10.1. The van der Waals surface area contributed by atoms with Crippen LogP contribution >= 0.6 is 50.5 Å². The van der Waals surface area contributed by atoms with Gasteiger partial charge in [0.2, 0.25) is 0 Å². The van der Waals surface area contributed by atoms with E-state index in [9.17, 15) is 5.26 Å². The molecule has 0 saturated carbocycles. The Labute approximate surface area is 127 Å². The third-order valence-corrected chi connectivity index (χ3v) is 4.37. The van der Waals surface area contributed by atoms with Crippen molar-refractivity contribution in [1.29, 1.82) is 5.26 Å². The molecule has 90 valence electrons.